The fourth-order valence-corrected chi connectivity index (χ4v) is 2.25. The molecule has 0 aromatic rings. The molecule has 7 heteroatoms. The van der Waals surface area contributed by atoms with E-state index in [4.69, 9.17) is 0 Å². The van der Waals surface area contributed by atoms with Crippen molar-refractivity contribution in [3.8, 4) is 0 Å². The maximum absolute atomic E-state index is 12.0. The maximum Gasteiger partial charge on any atom is 0.390 e. The molecular formula is C12H23F3IN3. The largest absolute Gasteiger partial charge is 0.390 e. The van der Waals surface area contributed by atoms with Crippen molar-refractivity contribution < 1.29 is 13.2 Å². The third-order valence-corrected chi connectivity index (χ3v) is 3.42. The quantitative estimate of drug-likeness (QED) is 0.437. The average molecular weight is 393 g/mol. The lowest BCUT2D eigenvalue weighted by atomic mass is 9.89. The number of halogens is 4. The van der Waals surface area contributed by atoms with Gasteiger partial charge in [-0.2, -0.15) is 13.2 Å². The number of guanidine groups is 1. The summed E-state index contributed by atoms with van der Waals surface area (Å²) in [6.45, 7) is 2.83. The zero-order chi connectivity index (χ0) is 13.6. The van der Waals surface area contributed by atoms with Crippen molar-refractivity contribution in [1.29, 1.82) is 0 Å². The van der Waals surface area contributed by atoms with Gasteiger partial charge in [0, 0.05) is 20.1 Å². The van der Waals surface area contributed by atoms with Crippen LogP contribution in [0, 0.1) is 5.41 Å². The van der Waals surface area contributed by atoms with E-state index in [0.717, 1.165) is 6.54 Å². The van der Waals surface area contributed by atoms with E-state index in [0.29, 0.717) is 5.96 Å². The number of hydrogen-bond donors (Lipinski definition) is 2. The van der Waals surface area contributed by atoms with Crippen LogP contribution in [0.25, 0.3) is 0 Å². The Morgan fingerprint density at radius 1 is 1.21 bits per heavy atom. The van der Waals surface area contributed by atoms with Gasteiger partial charge in [-0.05, 0) is 18.3 Å². The molecule has 0 amide bonds. The predicted molar refractivity (Wildman–Crippen MR) is 82.0 cm³/mol. The number of aliphatic imine (C=N–C) groups is 1. The zero-order valence-corrected chi connectivity index (χ0v) is 13.8. The molecule has 1 fully saturated rings. The van der Waals surface area contributed by atoms with Gasteiger partial charge in [0.25, 0.3) is 0 Å². The van der Waals surface area contributed by atoms with Crippen LogP contribution in [0.4, 0.5) is 13.2 Å². The molecule has 0 unspecified atom stereocenters. The molecular weight excluding hydrogens is 370 g/mol. The lowest BCUT2D eigenvalue weighted by Gasteiger charge is -2.25. The summed E-state index contributed by atoms with van der Waals surface area (Å²) < 4.78 is 36.0. The van der Waals surface area contributed by atoms with E-state index in [1.54, 1.807) is 7.05 Å². The highest BCUT2D eigenvalue weighted by atomic mass is 127. The van der Waals surface area contributed by atoms with Crippen LogP contribution in [0.1, 0.15) is 39.0 Å². The molecule has 0 aliphatic heterocycles. The lowest BCUT2D eigenvalue weighted by molar-refractivity contribution is -0.132. The minimum Gasteiger partial charge on any atom is -0.356 e. The highest BCUT2D eigenvalue weighted by Gasteiger charge is 2.29. The van der Waals surface area contributed by atoms with Gasteiger partial charge in [-0.25, -0.2) is 0 Å². The topological polar surface area (TPSA) is 36.4 Å². The Morgan fingerprint density at radius 2 is 1.79 bits per heavy atom. The van der Waals surface area contributed by atoms with Crippen molar-refractivity contribution >= 4 is 29.9 Å². The van der Waals surface area contributed by atoms with Crippen LogP contribution in [0.5, 0.6) is 0 Å². The van der Waals surface area contributed by atoms with Gasteiger partial charge in [-0.15, -0.1) is 24.0 Å². The molecule has 0 heterocycles. The van der Waals surface area contributed by atoms with Gasteiger partial charge in [0.1, 0.15) is 0 Å². The van der Waals surface area contributed by atoms with E-state index in [1.807, 2.05) is 0 Å². The molecule has 0 aromatic heterocycles. The Morgan fingerprint density at radius 3 is 2.26 bits per heavy atom. The summed E-state index contributed by atoms with van der Waals surface area (Å²) in [4.78, 5) is 3.93. The number of rotatable bonds is 4. The monoisotopic (exact) mass is 393 g/mol. The number of alkyl halides is 3. The number of nitrogens with one attached hydrogen (secondary N) is 2. The fraction of sp³-hybridized carbons (Fsp3) is 0.917. The molecule has 0 aromatic carbocycles. The van der Waals surface area contributed by atoms with Crippen LogP contribution in [0.15, 0.2) is 4.99 Å². The van der Waals surface area contributed by atoms with Gasteiger partial charge < -0.3 is 10.6 Å². The molecule has 0 bridgehead atoms. The standard InChI is InChI=1S/C12H22F3N3.HI/c1-11(5-3-4-6-11)9-18-10(16-2)17-8-7-12(13,14)15;/h3-9H2,1-2H3,(H2,16,17,18);1H. The van der Waals surface area contributed by atoms with Gasteiger partial charge in [-0.3, -0.25) is 4.99 Å². The molecule has 1 rings (SSSR count). The smallest absolute Gasteiger partial charge is 0.356 e. The fourth-order valence-electron chi connectivity index (χ4n) is 2.25. The van der Waals surface area contributed by atoms with E-state index in [2.05, 4.69) is 22.5 Å². The third kappa shape index (κ3) is 7.84. The van der Waals surface area contributed by atoms with Gasteiger partial charge in [0.2, 0.25) is 0 Å². The van der Waals surface area contributed by atoms with Gasteiger partial charge in [0.05, 0.1) is 6.42 Å². The van der Waals surface area contributed by atoms with E-state index in [-0.39, 0.29) is 35.9 Å². The highest BCUT2D eigenvalue weighted by Crippen LogP contribution is 2.36. The van der Waals surface area contributed by atoms with Crippen molar-refractivity contribution in [1.82, 2.24) is 10.6 Å². The Labute approximate surface area is 129 Å². The Balaban J connectivity index is 0.00000324. The van der Waals surface area contributed by atoms with Crippen LogP contribution in [0.2, 0.25) is 0 Å². The van der Waals surface area contributed by atoms with Crippen LogP contribution >= 0.6 is 24.0 Å². The first-order chi connectivity index (χ1) is 8.35. The Hall–Kier alpha value is -0.210. The third-order valence-electron chi connectivity index (χ3n) is 3.42. The van der Waals surface area contributed by atoms with Crippen LogP contribution in [0.3, 0.4) is 0 Å². The van der Waals surface area contributed by atoms with Crippen LogP contribution in [-0.2, 0) is 0 Å². The first kappa shape index (κ1) is 18.8. The molecule has 1 aliphatic rings. The minimum absolute atomic E-state index is 0. The molecule has 1 saturated carbocycles. The summed E-state index contributed by atoms with van der Waals surface area (Å²) in [7, 11) is 1.57. The lowest BCUT2D eigenvalue weighted by Crippen LogP contribution is -2.43. The molecule has 0 radical (unpaired) electrons. The highest BCUT2D eigenvalue weighted by molar-refractivity contribution is 14.0. The Kier molecular flexibility index (Phi) is 8.07. The number of hydrogen-bond acceptors (Lipinski definition) is 1. The van der Waals surface area contributed by atoms with Gasteiger partial charge >= 0.3 is 6.18 Å². The molecule has 1 aliphatic carbocycles. The summed E-state index contributed by atoms with van der Waals surface area (Å²) >= 11 is 0. The van der Waals surface area contributed by atoms with E-state index < -0.39 is 12.6 Å². The van der Waals surface area contributed by atoms with Crippen molar-refractivity contribution in [2.24, 2.45) is 10.4 Å². The second-order valence-corrected chi connectivity index (χ2v) is 5.24. The van der Waals surface area contributed by atoms with Gasteiger partial charge in [-0.1, -0.05) is 19.8 Å². The average Bonchev–Trinajstić information content (AvgIpc) is 2.69. The van der Waals surface area contributed by atoms with Crippen LogP contribution in [-0.4, -0.2) is 32.3 Å². The summed E-state index contributed by atoms with van der Waals surface area (Å²) in [5.74, 6) is 0.451. The molecule has 3 nitrogen and oxygen atoms in total. The SMILES string of the molecule is CN=C(NCCC(F)(F)F)NCC1(C)CCCC1.I. The predicted octanol–water partition coefficient (Wildman–Crippen LogP) is 3.30. The second kappa shape index (κ2) is 8.16. The summed E-state index contributed by atoms with van der Waals surface area (Å²) in [5.41, 5.74) is 0.252. The normalized spacial score (nSPS) is 18.9. The maximum atomic E-state index is 12.0. The van der Waals surface area contributed by atoms with Crippen molar-refractivity contribution in [3.63, 3.8) is 0 Å². The van der Waals surface area contributed by atoms with Crippen molar-refractivity contribution in [2.75, 3.05) is 20.1 Å². The summed E-state index contributed by atoms with van der Waals surface area (Å²) in [5, 5.41) is 5.80. The minimum atomic E-state index is -4.12. The van der Waals surface area contributed by atoms with E-state index in [1.165, 1.54) is 25.7 Å². The summed E-state index contributed by atoms with van der Waals surface area (Å²) in [6.07, 6.45) is -0.163. The molecule has 114 valence electrons. The van der Waals surface area contributed by atoms with E-state index in [9.17, 15) is 13.2 Å². The zero-order valence-electron chi connectivity index (χ0n) is 11.4. The molecule has 19 heavy (non-hydrogen) atoms. The van der Waals surface area contributed by atoms with Crippen molar-refractivity contribution in [2.45, 2.75) is 45.2 Å². The van der Waals surface area contributed by atoms with Crippen molar-refractivity contribution in [3.05, 3.63) is 0 Å². The second-order valence-electron chi connectivity index (χ2n) is 5.24. The summed E-state index contributed by atoms with van der Waals surface area (Å²) in [6, 6.07) is 0. The molecule has 0 spiro atoms. The van der Waals surface area contributed by atoms with E-state index >= 15 is 0 Å². The molecule has 2 N–H and O–H groups in total. The van der Waals surface area contributed by atoms with Gasteiger partial charge in [0.15, 0.2) is 5.96 Å². The number of nitrogens with zero attached hydrogens (tertiary/aromatic N) is 1. The first-order valence-corrected chi connectivity index (χ1v) is 6.36. The van der Waals surface area contributed by atoms with Crippen LogP contribution < -0.4 is 10.6 Å². The Bertz CT molecular complexity index is 286. The molecule has 0 saturated heterocycles. The first-order valence-electron chi connectivity index (χ1n) is 6.36. The molecule has 0 atom stereocenters.